The molecule has 1 fully saturated rings. The van der Waals surface area contributed by atoms with Crippen molar-refractivity contribution in [1.29, 1.82) is 0 Å². The predicted molar refractivity (Wildman–Crippen MR) is 139 cm³/mol. The Hall–Kier alpha value is -3.38. The number of rotatable bonds is 4. The molecule has 34 heavy (non-hydrogen) atoms. The molecule has 5 rings (SSSR count). The van der Waals surface area contributed by atoms with Crippen LogP contribution in [0.3, 0.4) is 0 Å². The van der Waals surface area contributed by atoms with Crippen molar-refractivity contribution in [3.8, 4) is 28.3 Å². The van der Waals surface area contributed by atoms with E-state index in [4.69, 9.17) is 0 Å². The quantitative estimate of drug-likeness (QED) is 0.366. The molecule has 6 heteroatoms. The molecule has 0 amide bonds. The summed E-state index contributed by atoms with van der Waals surface area (Å²) in [6.45, 7) is 9.03. The van der Waals surface area contributed by atoms with Gasteiger partial charge in [0.15, 0.2) is 5.82 Å². The van der Waals surface area contributed by atoms with Gasteiger partial charge in [-0.1, -0.05) is 18.2 Å². The number of nitrogens with one attached hydrogen (secondary N) is 2. The van der Waals surface area contributed by atoms with Gasteiger partial charge in [0.2, 0.25) is 0 Å². The van der Waals surface area contributed by atoms with Crippen LogP contribution in [0.25, 0.3) is 33.4 Å². The second kappa shape index (κ2) is 8.13. The summed E-state index contributed by atoms with van der Waals surface area (Å²) in [5.41, 5.74) is 4.52. The van der Waals surface area contributed by atoms with Crippen molar-refractivity contribution >= 4 is 16.7 Å². The molecular weight excluding hydrogens is 422 g/mol. The highest BCUT2D eigenvalue weighted by Gasteiger charge is 2.39. The first-order valence-electron chi connectivity index (χ1n) is 11.9. The van der Waals surface area contributed by atoms with Gasteiger partial charge in [-0.3, -0.25) is 0 Å². The molecule has 6 nitrogen and oxygen atoms in total. The van der Waals surface area contributed by atoms with Crippen LogP contribution in [0.15, 0.2) is 60.7 Å². The number of aromatic nitrogens is 3. The number of phenols is 1. The van der Waals surface area contributed by atoms with Crippen molar-refractivity contribution in [2.45, 2.75) is 57.7 Å². The third-order valence-electron chi connectivity index (χ3n) is 6.84. The van der Waals surface area contributed by atoms with Crippen molar-refractivity contribution in [1.82, 2.24) is 20.5 Å². The Balaban J connectivity index is 1.41. The Morgan fingerprint density at radius 1 is 0.912 bits per heavy atom. The Kier molecular flexibility index (Phi) is 5.36. The number of H-pyrrole nitrogens is 1. The maximum atomic E-state index is 10.6. The smallest absolute Gasteiger partial charge is 0.151 e. The average Bonchev–Trinajstić information content (AvgIpc) is 3.21. The van der Waals surface area contributed by atoms with Crippen LogP contribution in [0.4, 0.5) is 5.82 Å². The zero-order valence-corrected chi connectivity index (χ0v) is 20.6. The minimum atomic E-state index is 0.0584. The van der Waals surface area contributed by atoms with Gasteiger partial charge >= 0.3 is 0 Å². The van der Waals surface area contributed by atoms with E-state index in [1.807, 2.05) is 36.4 Å². The van der Waals surface area contributed by atoms with Gasteiger partial charge in [0.05, 0.1) is 5.69 Å². The lowest BCUT2D eigenvalue weighted by Crippen LogP contribution is -2.62. The predicted octanol–water partition coefficient (Wildman–Crippen LogP) is 5.74. The number of hydrogen-bond acceptors (Lipinski definition) is 5. The van der Waals surface area contributed by atoms with Crippen LogP contribution in [0.5, 0.6) is 5.75 Å². The molecule has 0 atom stereocenters. The monoisotopic (exact) mass is 455 g/mol. The van der Waals surface area contributed by atoms with Gasteiger partial charge in [-0.25, -0.2) is 0 Å². The van der Waals surface area contributed by atoms with Crippen LogP contribution in [0.2, 0.25) is 0 Å². The fraction of sp³-hybridized carbons (Fsp3) is 0.357. The molecule has 0 radical (unpaired) electrons. The molecule has 3 heterocycles. The molecule has 0 aliphatic carbocycles. The molecule has 2 aromatic carbocycles. The topological polar surface area (TPSA) is 77.1 Å². The SMILES string of the molecule is CN(c1ccc(-c2cc(-c3cc4ccccc4[nH]3)ccc2O)nn1)C1CC(C)(C)NC(C)(C)C1. The summed E-state index contributed by atoms with van der Waals surface area (Å²) in [4.78, 5) is 5.69. The minimum absolute atomic E-state index is 0.0584. The first kappa shape index (κ1) is 22.4. The van der Waals surface area contributed by atoms with Crippen LogP contribution in [0, 0.1) is 0 Å². The van der Waals surface area contributed by atoms with Crippen LogP contribution < -0.4 is 10.2 Å². The van der Waals surface area contributed by atoms with Gasteiger partial charge < -0.3 is 20.3 Å². The molecule has 3 N–H and O–H groups in total. The number of para-hydroxylation sites is 1. The summed E-state index contributed by atoms with van der Waals surface area (Å²) in [6.07, 6.45) is 2.06. The van der Waals surface area contributed by atoms with Gasteiger partial charge in [0, 0.05) is 46.3 Å². The number of fused-ring (bicyclic) bond motifs is 1. The standard InChI is InChI=1S/C28H33N5O/c1-27(2)16-20(17-28(3,4)32-27)33(5)26-13-11-23(30-31-26)21-14-19(10-12-25(21)34)24-15-18-8-6-7-9-22(18)29-24/h6-15,20,29,32,34H,16-17H2,1-5H3. The van der Waals surface area contributed by atoms with Crippen molar-refractivity contribution in [3.63, 3.8) is 0 Å². The number of phenolic OH excluding ortho intramolecular Hbond substituents is 1. The van der Waals surface area contributed by atoms with E-state index in [2.05, 4.69) is 78.3 Å². The number of piperidine rings is 1. The van der Waals surface area contributed by atoms with Crippen molar-refractivity contribution < 1.29 is 5.11 Å². The van der Waals surface area contributed by atoms with Crippen LogP contribution in [-0.4, -0.2) is 44.5 Å². The minimum Gasteiger partial charge on any atom is -0.507 e. The third kappa shape index (κ3) is 4.38. The van der Waals surface area contributed by atoms with Crippen molar-refractivity contribution in [3.05, 3.63) is 60.7 Å². The van der Waals surface area contributed by atoms with E-state index >= 15 is 0 Å². The van der Waals surface area contributed by atoms with Gasteiger partial charge in [-0.05, 0) is 88.6 Å². The second-order valence-corrected chi connectivity index (χ2v) is 10.8. The molecule has 0 bridgehead atoms. The molecule has 0 saturated carbocycles. The Bertz CT molecular complexity index is 1270. The lowest BCUT2D eigenvalue weighted by molar-refractivity contribution is 0.160. The number of aromatic amines is 1. The zero-order chi connectivity index (χ0) is 24.1. The lowest BCUT2D eigenvalue weighted by Gasteiger charge is -2.49. The first-order valence-corrected chi connectivity index (χ1v) is 11.9. The summed E-state index contributed by atoms with van der Waals surface area (Å²) in [5, 5.41) is 24.5. The van der Waals surface area contributed by atoms with E-state index in [1.165, 1.54) is 0 Å². The molecule has 1 aliphatic heterocycles. The highest BCUT2D eigenvalue weighted by atomic mass is 16.3. The Morgan fingerprint density at radius 3 is 2.32 bits per heavy atom. The van der Waals surface area contributed by atoms with E-state index in [0.29, 0.717) is 17.3 Å². The summed E-state index contributed by atoms with van der Waals surface area (Å²) >= 11 is 0. The van der Waals surface area contributed by atoms with Crippen molar-refractivity contribution in [2.75, 3.05) is 11.9 Å². The lowest BCUT2D eigenvalue weighted by atomic mass is 9.79. The molecule has 0 unspecified atom stereocenters. The largest absolute Gasteiger partial charge is 0.507 e. The molecule has 2 aromatic heterocycles. The van der Waals surface area contributed by atoms with Crippen molar-refractivity contribution in [2.24, 2.45) is 0 Å². The fourth-order valence-corrected chi connectivity index (χ4v) is 5.52. The van der Waals surface area contributed by atoms with Gasteiger partial charge in [0.25, 0.3) is 0 Å². The number of anilines is 1. The van der Waals surface area contributed by atoms with Gasteiger partial charge in [-0.2, -0.15) is 0 Å². The first-order chi connectivity index (χ1) is 16.1. The fourth-order valence-electron chi connectivity index (χ4n) is 5.52. The van der Waals surface area contributed by atoms with Crippen LogP contribution in [-0.2, 0) is 0 Å². The second-order valence-electron chi connectivity index (χ2n) is 10.8. The highest BCUT2D eigenvalue weighted by molar-refractivity contribution is 5.87. The molecule has 176 valence electrons. The molecule has 1 saturated heterocycles. The highest BCUT2D eigenvalue weighted by Crippen LogP contribution is 2.35. The Labute approximate surface area is 201 Å². The average molecular weight is 456 g/mol. The maximum Gasteiger partial charge on any atom is 0.151 e. The van der Waals surface area contributed by atoms with Gasteiger partial charge in [-0.15, -0.1) is 10.2 Å². The van der Waals surface area contributed by atoms with E-state index in [0.717, 1.165) is 40.8 Å². The van der Waals surface area contributed by atoms with E-state index < -0.39 is 0 Å². The molecular formula is C28H33N5O. The maximum absolute atomic E-state index is 10.6. The number of nitrogens with zero attached hydrogens (tertiary/aromatic N) is 3. The normalized spacial score (nSPS) is 17.7. The van der Waals surface area contributed by atoms with Gasteiger partial charge in [0.1, 0.15) is 5.75 Å². The Morgan fingerprint density at radius 2 is 1.65 bits per heavy atom. The third-order valence-corrected chi connectivity index (χ3v) is 6.84. The van der Waals surface area contributed by atoms with E-state index in [-0.39, 0.29) is 16.8 Å². The number of benzene rings is 2. The van der Waals surface area contributed by atoms with E-state index in [1.54, 1.807) is 6.07 Å². The summed E-state index contributed by atoms with van der Waals surface area (Å²) in [5.74, 6) is 1.03. The number of hydrogen-bond donors (Lipinski definition) is 3. The van der Waals surface area contributed by atoms with Crippen LogP contribution >= 0.6 is 0 Å². The summed E-state index contributed by atoms with van der Waals surface area (Å²) in [7, 11) is 2.10. The van der Waals surface area contributed by atoms with E-state index in [9.17, 15) is 5.11 Å². The molecule has 4 aromatic rings. The summed E-state index contributed by atoms with van der Waals surface area (Å²) < 4.78 is 0. The summed E-state index contributed by atoms with van der Waals surface area (Å²) in [6, 6.07) is 20.2. The molecule has 1 aliphatic rings. The zero-order valence-electron chi connectivity index (χ0n) is 20.6. The molecule has 0 spiro atoms. The number of aromatic hydroxyl groups is 1. The van der Waals surface area contributed by atoms with Crippen LogP contribution in [0.1, 0.15) is 40.5 Å².